The van der Waals surface area contributed by atoms with Gasteiger partial charge in [0.05, 0.1) is 0 Å². The summed E-state index contributed by atoms with van der Waals surface area (Å²) in [6.45, 7) is 5.40. The third kappa shape index (κ3) is 2.80. The Labute approximate surface area is 126 Å². The van der Waals surface area contributed by atoms with Gasteiger partial charge in [-0.3, -0.25) is 4.90 Å². The lowest BCUT2D eigenvalue weighted by Crippen LogP contribution is -2.61. The van der Waals surface area contributed by atoms with E-state index in [1.165, 1.54) is 37.8 Å². The SMILES string of the molecule is CC1CC(CN)(N(Cc2ccsc2)C2CC2)CCN1C. The van der Waals surface area contributed by atoms with E-state index in [-0.39, 0.29) is 5.54 Å². The standard InChI is InChI=1S/C16H27N3S/c1-13-9-16(12-17,6-7-18(13)2)19(15-3-4-15)10-14-5-8-20-11-14/h5,8,11,13,15H,3-4,6-7,9-10,12,17H2,1-2H3. The predicted molar refractivity (Wildman–Crippen MR) is 86.0 cm³/mol. The van der Waals surface area contributed by atoms with Crippen LogP contribution in [0.2, 0.25) is 0 Å². The number of hydrogen-bond donors (Lipinski definition) is 1. The largest absolute Gasteiger partial charge is 0.329 e. The van der Waals surface area contributed by atoms with E-state index in [4.69, 9.17) is 5.73 Å². The maximum Gasteiger partial charge on any atom is 0.0365 e. The average Bonchev–Trinajstić information content (AvgIpc) is 3.16. The summed E-state index contributed by atoms with van der Waals surface area (Å²) in [5, 5.41) is 4.48. The molecule has 1 saturated heterocycles. The zero-order chi connectivity index (χ0) is 14.2. The molecule has 0 spiro atoms. The van der Waals surface area contributed by atoms with Crippen molar-refractivity contribution in [2.24, 2.45) is 5.73 Å². The summed E-state index contributed by atoms with van der Waals surface area (Å²) in [7, 11) is 2.24. The lowest BCUT2D eigenvalue weighted by atomic mass is 9.81. The molecule has 3 rings (SSSR count). The Balaban J connectivity index is 1.80. The molecule has 1 aromatic rings. The van der Waals surface area contributed by atoms with Gasteiger partial charge < -0.3 is 10.6 Å². The van der Waals surface area contributed by atoms with Crippen molar-refractivity contribution in [1.29, 1.82) is 0 Å². The highest BCUT2D eigenvalue weighted by atomic mass is 32.1. The topological polar surface area (TPSA) is 32.5 Å². The van der Waals surface area contributed by atoms with Crippen molar-refractivity contribution in [2.75, 3.05) is 20.1 Å². The number of hydrogen-bond acceptors (Lipinski definition) is 4. The van der Waals surface area contributed by atoms with Gasteiger partial charge in [-0.25, -0.2) is 0 Å². The van der Waals surface area contributed by atoms with Crippen LogP contribution in [0.1, 0.15) is 38.2 Å². The minimum absolute atomic E-state index is 0.217. The molecule has 0 radical (unpaired) electrons. The Kier molecular flexibility index (Phi) is 4.18. The summed E-state index contributed by atoms with van der Waals surface area (Å²) in [5.41, 5.74) is 7.96. The van der Waals surface area contributed by atoms with Gasteiger partial charge in [-0.05, 0) is 68.6 Å². The van der Waals surface area contributed by atoms with E-state index in [0.717, 1.165) is 19.1 Å². The Hall–Kier alpha value is -0.420. The van der Waals surface area contributed by atoms with E-state index in [0.29, 0.717) is 6.04 Å². The fraction of sp³-hybridized carbons (Fsp3) is 0.750. The van der Waals surface area contributed by atoms with Crippen LogP contribution >= 0.6 is 11.3 Å². The molecule has 0 aromatic carbocycles. The Morgan fingerprint density at radius 2 is 2.30 bits per heavy atom. The van der Waals surface area contributed by atoms with Crippen molar-refractivity contribution in [3.05, 3.63) is 22.4 Å². The first-order valence-electron chi connectivity index (χ1n) is 7.83. The number of rotatable bonds is 5. The molecule has 2 atom stereocenters. The summed E-state index contributed by atoms with van der Waals surface area (Å²) in [6, 6.07) is 3.67. The van der Waals surface area contributed by atoms with Crippen LogP contribution in [-0.4, -0.2) is 47.6 Å². The van der Waals surface area contributed by atoms with Crippen molar-refractivity contribution in [1.82, 2.24) is 9.80 Å². The van der Waals surface area contributed by atoms with E-state index in [2.05, 4.69) is 40.6 Å². The molecule has 20 heavy (non-hydrogen) atoms. The minimum Gasteiger partial charge on any atom is -0.329 e. The Bertz CT molecular complexity index is 429. The zero-order valence-electron chi connectivity index (χ0n) is 12.7. The lowest BCUT2D eigenvalue weighted by Gasteiger charge is -2.50. The minimum atomic E-state index is 0.217. The second-order valence-corrected chi connectivity index (χ2v) is 7.48. The van der Waals surface area contributed by atoms with E-state index in [9.17, 15) is 0 Å². The Morgan fingerprint density at radius 3 is 2.85 bits per heavy atom. The molecule has 112 valence electrons. The fourth-order valence-corrected chi connectivity index (χ4v) is 4.29. The van der Waals surface area contributed by atoms with Gasteiger partial charge >= 0.3 is 0 Å². The van der Waals surface area contributed by atoms with Crippen LogP contribution in [0, 0.1) is 0 Å². The van der Waals surface area contributed by atoms with E-state index >= 15 is 0 Å². The monoisotopic (exact) mass is 293 g/mol. The molecule has 0 amide bonds. The molecular weight excluding hydrogens is 266 g/mol. The second-order valence-electron chi connectivity index (χ2n) is 6.70. The third-order valence-corrected chi connectivity index (χ3v) is 6.00. The Morgan fingerprint density at radius 1 is 1.50 bits per heavy atom. The quantitative estimate of drug-likeness (QED) is 0.905. The van der Waals surface area contributed by atoms with Gasteiger partial charge in [-0.15, -0.1) is 0 Å². The van der Waals surface area contributed by atoms with Gasteiger partial charge in [0, 0.05) is 30.7 Å². The smallest absolute Gasteiger partial charge is 0.0365 e. The van der Waals surface area contributed by atoms with Crippen molar-refractivity contribution in [2.45, 2.75) is 56.8 Å². The molecule has 0 bridgehead atoms. The van der Waals surface area contributed by atoms with Gasteiger partial charge in [0.25, 0.3) is 0 Å². The van der Waals surface area contributed by atoms with Gasteiger partial charge in [-0.1, -0.05) is 0 Å². The fourth-order valence-electron chi connectivity index (χ4n) is 3.63. The number of nitrogens with two attached hydrogens (primary N) is 1. The predicted octanol–water partition coefficient (Wildman–Crippen LogP) is 2.52. The van der Waals surface area contributed by atoms with Crippen LogP contribution in [0.15, 0.2) is 16.8 Å². The lowest BCUT2D eigenvalue weighted by molar-refractivity contribution is -0.000818. The molecule has 2 aliphatic rings. The van der Waals surface area contributed by atoms with Crippen LogP contribution in [0.25, 0.3) is 0 Å². The van der Waals surface area contributed by atoms with Gasteiger partial charge in [-0.2, -0.15) is 11.3 Å². The van der Waals surface area contributed by atoms with Crippen LogP contribution in [0.4, 0.5) is 0 Å². The number of piperidine rings is 1. The maximum absolute atomic E-state index is 6.28. The highest BCUT2D eigenvalue weighted by Crippen LogP contribution is 2.40. The summed E-state index contributed by atoms with van der Waals surface area (Å²) in [4.78, 5) is 5.22. The number of thiophene rings is 1. The molecule has 1 aromatic heterocycles. The molecule has 4 heteroatoms. The van der Waals surface area contributed by atoms with Crippen LogP contribution < -0.4 is 5.73 Å². The normalized spacial score (nSPS) is 31.9. The van der Waals surface area contributed by atoms with Gasteiger partial charge in [0.2, 0.25) is 0 Å². The van der Waals surface area contributed by atoms with Crippen molar-refractivity contribution < 1.29 is 0 Å². The summed E-state index contributed by atoms with van der Waals surface area (Å²) < 4.78 is 0. The highest BCUT2D eigenvalue weighted by Gasteiger charge is 2.46. The van der Waals surface area contributed by atoms with Crippen LogP contribution in [0.5, 0.6) is 0 Å². The second kappa shape index (κ2) is 5.76. The van der Waals surface area contributed by atoms with Crippen LogP contribution in [-0.2, 0) is 6.54 Å². The number of nitrogens with zero attached hydrogens (tertiary/aromatic N) is 2. The first-order valence-corrected chi connectivity index (χ1v) is 8.77. The van der Waals surface area contributed by atoms with Gasteiger partial charge in [0.15, 0.2) is 0 Å². The zero-order valence-corrected chi connectivity index (χ0v) is 13.5. The van der Waals surface area contributed by atoms with Crippen molar-refractivity contribution in [3.8, 4) is 0 Å². The molecule has 2 unspecified atom stereocenters. The molecule has 2 fully saturated rings. The first kappa shape index (κ1) is 14.5. The van der Waals surface area contributed by atoms with Crippen LogP contribution in [0.3, 0.4) is 0 Å². The van der Waals surface area contributed by atoms with Gasteiger partial charge in [0.1, 0.15) is 0 Å². The van der Waals surface area contributed by atoms with Crippen molar-refractivity contribution in [3.63, 3.8) is 0 Å². The maximum atomic E-state index is 6.28. The molecule has 2 N–H and O–H groups in total. The molecule has 1 saturated carbocycles. The molecule has 2 heterocycles. The number of likely N-dealkylation sites (tertiary alicyclic amines) is 1. The average molecular weight is 293 g/mol. The highest BCUT2D eigenvalue weighted by molar-refractivity contribution is 7.07. The van der Waals surface area contributed by atoms with E-state index in [1.807, 2.05) is 0 Å². The van der Waals surface area contributed by atoms with Crippen molar-refractivity contribution >= 4 is 11.3 Å². The summed E-state index contributed by atoms with van der Waals surface area (Å²) >= 11 is 1.80. The third-order valence-electron chi connectivity index (χ3n) is 5.27. The van der Waals surface area contributed by atoms with E-state index < -0.39 is 0 Å². The first-order chi connectivity index (χ1) is 9.64. The molecular formula is C16H27N3S. The summed E-state index contributed by atoms with van der Waals surface area (Å²) in [5.74, 6) is 0. The molecule has 3 nitrogen and oxygen atoms in total. The van der Waals surface area contributed by atoms with E-state index in [1.54, 1.807) is 11.3 Å². The molecule has 1 aliphatic heterocycles. The molecule has 1 aliphatic carbocycles. The summed E-state index contributed by atoms with van der Waals surface area (Å²) in [6.07, 6.45) is 5.14.